The minimum absolute atomic E-state index is 0. The van der Waals surface area contributed by atoms with Crippen LogP contribution >= 0.6 is 0 Å². The Morgan fingerprint density at radius 1 is 1.88 bits per heavy atom. The number of carboxylic acids is 1. The van der Waals surface area contributed by atoms with Gasteiger partial charge >= 0.3 is 58.2 Å². The molecule has 0 spiro atoms. The summed E-state index contributed by atoms with van der Waals surface area (Å²) >= 11 is 0. The van der Waals surface area contributed by atoms with Crippen LogP contribution in [0.15, 0.2) is 0 Å². The Morgan fingerprint density at radius 2 is 2.25 bits per heavy atom. The molecule has 0 bridgehead atoms. The summed E-state index contributed by atoms with van der Waals surface area (Å²) in [5.74, 6) is -0.984. The Hall–Kier alpha value is 1.24. The van der Waals surface area contributed by atoms with E-state index in [4.69, 9.17) is 10.8 Å². The van der Waals surface area contributed by atoms with E-state index in [1.165, 1.54) is 6.42 Å². The van der Waals surface area contributed by atoms with Gasteiger partial charge in [-0.25, -0.2) is 0 Å². The molecule has 4 heteroatoms. The molecule has 42 valence electrons. The smallest absolute Gasteiger partial charge is 0.482 e. The van der Waals surface area contributed by atoms with Gasteiger partial charge in [-0.15, -0.1) is 0 Å². The quantitative estimate of drug-likeness (QED) is 0.444. The fourth-order valence-electron chi connectivity index (χ4n) is 0.143. The number of aliphatic carboxylic acids is 1. The molecule has 0 aliphatic heterocycles. The van der Waals surface area contributed by atoms with Crippen molar-refractivity contribution in [2.45, 2.75) is 13.0 Å². The second-order valence-electron chi connectivity index (χ2n) is 1.20. The van der Waals surface area contributed by atoms with Gasteiger partial charge in [-0.3, -0.25) is 4.79 Å². The van der Waals surface area contributed by atoms with Crippen molar-refractivity contribution in [1.82, 2.24) is 0 Å². The summed E-state index contributed by atoms with van der Waals surface area (Å²) in [5.41, 5.74) is 4.96. The molecule has 0 heterocycles. The molecule has 0 aliphatic rings. The van der Waals surface area contributed by atoms with E-state index in [0.29, 0.717) is 0 Å². The predicted octanol–water partition coefficient (Wildman–Crippen LogP) is -3.37. The van der Waals surface area contributed by atoms with Gasteiger partial charge in [0.25, 0.3) is 5.97 Å². The molecule has 3 N–H and O–H groups in total. The minimum atomic E-state index is -0.984. The molecule has 0 saturated heterocycles. The normalized spacial score (nSPS) is 11.8. The number of carbonyl (C=O) groups is 1. The van der Waals surface area contributed by atoms with Crippen molar-refractivity contribution in [2.75, 3.05) is 0 Å². The molecule has 3 nitrogen and oxygen atoms in total. The van der Waals surface area contributed by atoms with Crippen LogP contribution in [0.25, 0.3) is 0 Å². The summed E-state index contributed by atoms with van der Waals surface area (Å²) in [5, 5.41) is 8.03. The van der Waals surface area contributed by atoms with Gasteiger partial charge in [0, 0.05) is 0 Å². The molecule has 0 rings (SSSR count). The third-order valence-electron chi connectivity index (χ3n) is 0.644. The van der Waals surface area contributed by atoms with Crippen molar-refractivity contribution in [2.24, 2.45) is 5.73 Å². The number of nitrogens with two attached hydrogens (primary N) is 1. The van der Waals surface area contributed by atoms with Crippen molar-refractivity contribution in [3.05, 3.63) is 6.42 Å². The summed E-state index contributed by atoms with van der Waals surface area (Å²) < 4.78 is 0. The first-order valence-corrected chi connectivity index (χ1v) is 1.96. The van der Waals surface area contributed by atoms with E-state index >= 15 is 0 Å². The molecule has 0 aromatic carbocycles. The van der Waals surface area contributed by atoms with Crippen molar-refractivity contribution >= 4 is 5.97 Å². The molecular formula is C4H8NO2Rb. The predicted molar refractivity (Wildman–Crippen MR) is 25.6 cm³/mol. The number of rotatable bonds is 2. The van der Waals surface area contributed by atoms with E-state index in [-0.39, 0.29) is 58.2 Å². The molecule has 1 atom stereocenters. The van der Waals surface area contributed by atoms with Gasteiger partial charge in [-0.05, 0) is 6.04 Å². The summed E-state index contributed by atoms with van der Waals surface area (Å²) in [6, 6.07) is -0.806. The van der Waals surface area contributed by atoms with Crippen LogP contribution in [-0.2, 0) is 4.79 Å². The van der Waals surface area contributed by atoms with Crippen LogP contribution < -0.4 is 63.9 Å². The van der Waals surface area contributed by atoms with Gasteiger partial charge in [0.15, 0.2) is 0 Å². The molecule has 0 aromatic heterocycles. The topological polar surface area (TPSA) is 63.3 Å². The molecule has 0 aliphatic carbocycles. The van der Waals surface area contributed by atoms with E-state index in [0.717, 1.165) is 0 Å². The Bertz CT molecular complexity index is 76.4. The number of carboxylic acid groups (broad SMARTS) is 1. The van der Waals surface area contributed by atoms with Gasteiger partial charge in [0.05, 0.1) is 0 Å². The fourth-order valence-corrected chi connectivity index (χ4v) is 0.143. The first-order valence-electron chi connectivity index (χ1n) is 1.96. The first kappa shape index (κ1) is 12.0. The van der Waals surface area contributed by atoms with E-state index < -0.39 is 12.0 Å². The van der Waals surface area contributed by atoms with Crippen LogP contribution in [0.2, 0.25) is 0 Å². The molecule has 0 fully saturated rings. The average Bonchev–Trinajstić information content (AvgIpc) is 1.65. The van der Waals surface area contributed by atoms with Gasteiger partial charge in [0.1, 0.15) is 0 Å². The van der Waals surface area contributed by atoms with Gasteiger partial charge in [0.2, 0.25) is 0 Å². The molecule has 8 heavy (non-hydrogen) atoms. The SMILES string of the molecule is C[CH-]C(N)C(=O)O.[Rb+]. The number of hydrogen-bond donors (Lipinski definition) is 2. The summed E-state index contributed by atoms with van der Waals surface area (Å²) in [7, 11) is 0. The third kappa shape index (κ3) is 5.37. The van der Waals surface area contributed by atoms with Crippen LogP contribution in [0.1, 0.15) is 6.92 Å². The van der Waals surface area contributed by atoms with Gasteiger partial charge in [-0.1, -0.05) is 0 Å². The fraction of sp³-hybridized carbons (Fsp3) is 0.500. The largest absolute Gasteiger partial charge is 1.00 e. The van der Waals surface area contributed by atoms with Crippen LogP contribution in [0.3, 0.4) is 0 Å². The number of hydrogen-bond acceptors (Lipinski definition) is 2. The maximum atomic E-state index is 9.77. The molecule has 0 aromatic rings. The molecule has 0 saturated carbocycles. The van der Waals surface area contributed by atoms with E-state index in [1.54, 1.807) is 6.92 Å². The van der Waals surface area contributed by atoms with E-state index in [9.17, 15) is 4.79 Å². The maximum Gasteiger partial charge on any atom is 1.00 e. The Kier molecular flexibility index (Phi) is 9.51. The second-order valence-corrected chi connectivity index (χ2v) is 1.20. The zero-order chi connectivity index (χ0) is 5.86. The zero-order valence-corrected chi connectivity index (χ0v) is 10.0. The maximum absolute atomic E-state index is 9.77. The van der Waals surface area contributed by atoms with E-state index in [1.807, 2.05) is 0 Å². The van der Waals surface area contributed by atoms with Crippen molar-refractivity contribution in [3.63, 3.8) is 0 Å². The van der Waals surface area contributed by atoms with Crippen molar-refractivity contribution < 1.29 is 68.1 Å². The Balaban J connectivity index is 0. The van der Waals surface area contributed by atoms with Crippen LogP contribution in [0.4, 0.5) is 0 Å². The average molecular weight is 188 g/mol. The van der Waals surface area contributed by atoms with E-state index in [2.05, 4.69) is 0 Å². The van der Waals surface area contributed by atoms with Gasteiger partial charge < -0.3 is 17.3 Å². The monoisotopic (exact) mass is 187 g/mol. The summed E-state index contributed by atoms with van der Waals surface area (Å²) in [6.45, 7) is 1.61. The van der Waals surface area contributed by atoms with Crippen molar-refractivity contribution in [1.29, 1.82) is 0 Å². The van der Waals surface area contributed by atoms with Gasteiger partial charge in [-0.2, -0.15) is 6.92 Å². The van der Waals surface area contributed by atoms with Crippen LogP contribution in [0.5, 0.6) is 0 Å². The second kappa shape index (κ2) is 6.36. The zero-order valence-electron chi connectivity index (χ0n) is 5.09. The Morgan fingerprint density at radius 3 is 2.25 bits per heavy atom. The first-order chi connectivity index (χ1) is 3.18. The van der Waals surface area contributed by atoms with Crippen LogP contribution in [0, 0.1) is 6.42 Å². The molecule has 0 amide bonds. The summed E-state index contributed by atoms with van der Waals surface area (Å²) in [6.07, 6.45) is 1.42. The molecular weight excluding hydrogens is 180 g/mol. The minimum Gasteiger partial charge on any atom is -0.482 e. The van der Waals surface area contributed by atoms with Crippen molar-refractivity contribution in [3.8, 4) is 0 Å². The molecule has 1 unspecified atom stereocenters. The third-order valence-corrected chi connectivity index (χ3v) is 0.644. The molecule has 0 radical (unpaired) electrons. The Labute approximate surface area is 97.4 Å². The van der Waals surface area contributed by atoms with Crippen LogP contribution in [-0.4, -0.2) is 17.1 Å². The standard InChI is InChI=1S/C4H8NO2.Rb/c1-2-3(5)4(6)7;/h2-3H,5H2,1H3,(H,6,7);/q-1;+1. The summed E-state index contributed by atoms with van der Waals surface area (Å²) in [4.78, 5) is 9.77.